The molecule has 70 heavy (non-hydrogen) atoms. The first kappa shape index (κ1) is 40.8. The first-order valence-corrected chi connectivity index (χ1v) is 23.8. The lowest BCUT2D eigenvalue weighted by molar-refractivity contribution is 1.18. The van der Waals surface area contributed by atoms with Gasteiger partial charge in [-0.3, -0.25) is 4.98 Å². The summed E-state index contributed by atoms with van der Waals surface area (Å²) in [6.45, 7) is 0. The molecule has 13 rings (SSSR count). The van der Waals surface area contributed by atoms with Crippen LogP contribution in [-0.2, 0) is 0 Å². The van der Waals surface area contributed by atoms with Gasteiger partial charge in [-0.1, -0.05) is 140 Å². The van der Waals surface area contributed by atoms with Gasteiger partial charge in [0.1, 0.15) is 0 Å². The Balaban J connectivity index is 1.03. The van der Waals surface area contributed by atoms with Crippen LogP contribution in [-0.4, -0.2) is 14.1 Å². The smallest absolute Gasteiger partial charge is 0.0644 e. The van der Waals surface area contributed by atoms with Crippen LogP contribution < -0.4 is 9.80 Å². The number of fused-ring (bicyclic) bond motifs is 6. The van der Waals surface area contributed by atoms with Gasteiger partial charge >= 0.3 is 0 Å². The van der Waals surface area contributed by atoms with Crippen LogP contribution in [0.3, 0.4) is 0 Å². The lowest BCUT2D eigenvalue weighted by atomic mass is 10.00. The van der Waals surface area contributed by atoms with E-state index >= 15 is 0 Å². The van der Waals surface area contributed by atoms with E-state index < -0.39 is 0 Å². The number of rotatable bonds is 10. The number of hydrogen-bond donors (Lipinski definition) is 0. The minimum absolute atomic E-state index is 0.968. The second-order valence-corrected chi connectivity index (χ2v) is 17.7. The SMILES string of the molecule is c1ccc(-c2ccc(-n3c4ccccc4c4cc(-c5cc(N(c6ccccc6)c6cccnc6)cc(N(c6ccccc6)c6ccc7c(c6)c6ccccc6n7-c6ccccc6)c5)ccc43)cc2)cc1. The molecule has 0 spiro atoms. The third-order valence-corrected chi connectivity index (χ3v) is 13.5. The van der Waals surface area contributed by atoms with Gasteiger partial charge in [0.05, 0.1) is 34.0 Å². The first-order chi connectivity index (χ1) is 34.7. The van der Waals surface area contributed by atoms with Gasteiger partial charge in [0.25, 0.3) is 0 Å². The summed E-state index contributed by atoms with van der Waals surface area (Å²) in [6, 6.07) is 94.0. The molecule has 0 aliphatic rings. The van der Waals surface area contributed by atoms with E-state index in [1.807, 2.05) is 18.5 Å². The predicted octanol–water partition coefficient (Wildman–Crippen LogP) is 17.5. The maximum Gasteiger partial charge on any atom is 0.0644 e. The monoisotopic (exact) mass is 895 g/mol. The van der Waals surface area contributed by atoms with Crippen molar-refractivity contribution in [2.45, 2.75) is 0 Å². The van der Waals surface area contributed by atoms with Crippen LogP contribution in [0.5, 0.6) is 0 Å². The minimum atomic E-state index is 0.968. The average Bonchev–Trinajstić information content (AvgIpc) is 3.95. The van der Waals surface area contributed by atoms with E-state index in [0.29, 0.717) is 0 Å². The molecule has 0 saturated heterocycles. The van der Waals surface area contributed by atoms with E-state index in [4.69, 9.17) is 0 Å². The van der Waals surface area contributed by atoms with Crippen molar-refractivity contribution in [1.29, 1.82) is 0 Å². The molecule has 0 fully saturated rings. The summed E-state index contributed by atoms with van der Waals surface area (Å²) >= 11 is 0. The molecule has 0 radical (unpaired) electrons. The first-order valence-electron chi connectivity index (χ1n) is 23.8. The number of anilines is 6. The molecule has 0 bridgehead atoms. The van der Waals surface area contributed by atoms with Crippen molar-refractivity contribution in [3.63, 3.8) is 0 Å². The average molecular weight is 896 g/mol. The highest BCUT2D eigenvalue weighted by Crippen LogP contribution is 2.45. The molecular formula is C65H45N5. The number of nitrogens with zero attached hydrogens (tertiary/aromatic N) is 5. The maximum absolute atomic E-state index is 4.62. The van der Waals surface area contributed by atoms with Gasteiger partial charge in [0, 0.05) is 67.6 Å². The summed E-state index contributed by atoms with van der Waals surface area (Å²) in [5.74, 6) is 0. The highest BCUT2D eigenvalue weighted by atomic mass is 15.2. The standard InChI is InChI=1S/C65H45N5/c1-5-18-46(19-6-1)47-31-34-53(35-32-47)70-62-29-15-13-27-58(62)60-42-48(33-37-64(60)70)49-40-56(43-57(41-49)68(51-22-9-3-10-23-51)55-26-17-39-66-45-55)67(50-20-7-2-8-21-50)54-36-38-65-61(44-54)59-28-14-16-30-63(59)69(65)52-24-11-4-12-25-52/h1-45H. The normalized spacial score (nSPS) is 11.4. The molecule has 0 aliphatic heterocycles. The Bertz CT molecular complexity index is 3940. The lowest BCUT2D eigenvalue weighted by Gasteiger charge is -2.30. The van der Waals surface area contributed by atoms with Crippen LogP contribution in [0.2, 0.25) is 0 Å². The predicted molar refractivity (Wildman–Crippen MR) is 293 cm³/mol. The van der Waals surface area contributed by atoms with Gasteiger partial charge in [0.15, 0.2) is 0 Å². The summed E-state index contributed by atoms with van der Waals surface area (Å²) in [4.78, 5) is 9.33. The van der Waals surface area contributed by atoms with E-state index in [1.54, 1.807) is 0 Å². The maximum atomic E-state index is 4.62. The highest BCUT2D eigenvalue weighted by Gasteiger charge is 2.22. The summed E-state index contributed by atoms with van der Waals surface area (Å²) in [7, 11) is 0. The van der Waals surface area contributed by atoms with Crippen molar-refractivity contribution in [2.75, 3.05) is 9.80 Å². The Morgan fingerprint density at radius 3 is 1.31 bits per heavy atom. The van der Waals surface area contributed by atoms with E-state index in [2.05, 4.69) is 279 Å². The van der Waals surface area contributed by atoms with Crippen LogP contribution in [0, 0.1) is 0 Å². The van der Waals surface area contributed by atoms with Crippen LogP contribution in [0.4, 0.5) is 34.1 Å². The lowest BCUT2D eigenvalue weighted by Crippen LogP contribution is -2.13. The van der Waals surface area contributed by atoms with E-state index in [1.165, 1.54) is 43.7 Å². The molecule has 5 heteroatoms. The fourth-order valence-electron chi connectivity index (χ4n) is 10.4. The minimum Gasteiger partial charge on any atom is -0.310 e. The van der Waals surface area contributed by atoms with Crippen molar-refractivity contribution < 1.29 is 0 Å². The third kappa shape index (κ3) is 7.16. The molecule has 10 aromatic carbocycles. The Hall–Kier alpha value is -9.45. The molecule has 0 atom stereocenters. The number of para-hydroxylation sites is 5. The quantitative estimate of drug-likeness (QED) is 0.137. The van der Waals surface area contributed by atoms with E-state index in [0.717, 1.165) is 67.7 Å². The van der Waals surface area contributed by atoms with Crippen molar-refractivity contribution >= 4 is 77.7 Å². The third-order valence-electron chi connectivity index (χ3n) is 13.5. The topological polar surface area (TPSA) is 29.2 Å². The zero-order valence-electron chi connectivity index (χ0n) is 38.2. The fraction of sp³-hybridized carbons (Fsp3) is 0. The van der Waals surface area contributed by atoms with Crippen LogP contribution in [0.15, 0.2) is 273 Å². The van der Waals surface area contributed by atoms with Crippen molar-refractivity contribution in [2.24, 2.45) is 0 Å². The van der Waals surface area contributed by atoms with Crippen molar-refractivity contribution in [1.82, 2.24) is 14.1 Å². The molecule has 0 amide bonds. The number of hydrogen-bond acceptors (Lipinski definition) is 3. The van der Waals surface area contributed by atoms with Crippen LogP contribution in [0.25, 0.3) is 77.2 Å². The Morgan fingerprint density at radius 1 is 0.257 bits per heavy atom. The van der Waals surface area contributed by atoms with E-state index in [9.17, 15) is 0 Å². The van der Waals surface area contributed by atoms with Gasteiger partial charge in [-0.15, -0.1) is 0 Å². The second kappa shape index (κ2) is 17.3. The highest BCUT2D eigenvalue weighted by molar-refractivity contribution is 6.12. The number of pyridine rings is 1. The molecule has 0 saturated carbocycles. The molecule has 0 unspecified atom stereocenters. The number of aromatic nitrogens is 3. The molecular weight excluding hydrogens is 851 g/mol. The van der Waals surface area contributed by atoms with Crippen LogP contribution in [0.1, 0.15) is 0 Å². The molecule has 13 aromatic rings. The Labute approximate surface area is 406 Å². The summed E-state index contributed by atoms with van der Waals surface area (Å²) < 4.78 is 4.77. The van der Waals surface area contributed by atoms with Crippen molar-refractivity contribution in [3.8, 4) is 33.6 Å². The molecule has 0 N–H and O–H groups in total. The zero-order valence-corrected chi connectivity index (χ0v) is 38.2. The van der Waals surface area contributed by atoms with Crippen LogP contribution >= 0.6 is 0 Å². The Morgan fingerprint density at radius 2 is 0.714 bits per heavy atom. The van der Waals surface area contributed by atoms with Gasteiger partial charge < -0.3 is 18.9 Å². The summed E-state index contributed by atoms with van der Waals surface area (Å²) in [6.07, 6.45) is 3.78. The molecule has 5 nitrogen and oxygen atoms in total. The van der Waals surface area contributed by atoms with E-state index in [-0.39, 0.29) is 0 Å². The summed E-state index contributed by atoms with van der Waals surface area (Å²) in [5.41, 5.74) is 17.7. The van der Waals surface area contributed by atoms with Gasteiger partial charge in [-0.25, -0.2) is 0 Å². The largest absolute Gasteiger partial charge is 0.310 e. The summed E-state index contributed by atoms with van der Waals surface area (Å²) in [5, 5.41) is 4.79. The Kier molecular flexibility index (Phi) is 10.1. The second-order valence-electron chi connectivity index (χ2n) is 17.7. The molecule has 3 heterocycles. The fourth-order valence-corrected chi connectivity index (χ4v) is 10.4. The molecule has 0 aliphatic carbocycles. The molecule has 330 valence electrons. The number of benzene rings is 10. The molecule has 3 aromatic heterocycles. The van der Waals surface area contributed by atoms with Gasteiger partial charge in [0.2, 0.25) is 0 Å². The van der Waals surface area contributed by atoms with Crippen molar-refractivity contribution in [3.05, 3.63) is 273 Å². The zero-order chi connectivity index (χ0) is 46.4. The van der Waals surface area contributed by atoms with Gasteiger partial charge in [-0.05, 0) is 144 Å². The van der Waals surface area contributed by atoms with Gasteiger partial charge in [-0.2, -0.15) is 0 Å².